The second-order valence-corrected chi connectivity index (χ2v) is 8.07. The predicted octanol–water partition coefficient (Wildman–Crippen LogP) is 6.12. The van der Waals surface area contributed by atoms with Crippen LogP contribution in [0.25, 0.3) is 33.3 Å². The Hall–Kier alpha value is -4.19. The molecule has 1 N–H and O–H groups in total. The van der Waals surface area contributed by atoms with E-state index in [0.717, 1.165) is 39.0 Å². The quantitative estimate of drug-likeness (QED) is 0.360. The standard InChI is InChI=1S/C27H22FN5/c1-17-4-3-5-21(8-17)26-18(2)9-19(12-32-26)13-33-27-24-16-31-25(11-20(24)6-7-30-27)22-10-23(28)15-29-14-22/h3-12,14-16H,13H2,1-2H3,(H,30,33). The second-order valence-electron chi connectivity index (χ2n) is 8.07. The van der Waals surface area contributed by atoms with Gasteiger partial charge < -0.3 is 5.32 Å². The number of hydrogen-bond acceptors (Lipinski definition) is 5. The molecule has 0 saturated carbocycles. The van der Waals surface area contributed by atoms with E-state index in [1.807, 2.05) is 18.3 Å². The monoisotopic (exact) mass is 435 g/mol. The number of nitrogens with one attached hydrogen (secondary N) is 1. The molecule has 33 heavy (non-hydrogen) atoms. The molecule has 6 heteroatoms. The molecule has 0 aliphatic rings. The van der Waals surface area contributed by atoms with Gasteiger partial charge in [-0.1, -0.05) is 29.8 Å². The molecule has 0 spiro atoms. The van der Waals surface area contributed by atoms with Crippen LogP contribution >= 0.6 is 0 Å². The fourth-order valence-corrected chi connectivity index (χ4v) is 3.93. The maximum Gasteiger partial charge on any atom is 0.142 e. The largest absolute Gasteiger partial charge is 0.365 e. The summed E-state index contributed by atoms with van der Waals surface area (Å²) in [4.78, 5) is 17.6. The SMILES string of the molecule is Cc1cccc(-c2ncc(CNc3nccc4cc(-c5cncc(F)c5)ncc34)cc2C)c1. The summed E-state index contributed by atoms with van der Waals surface area (Å²) in [5.41, 5.74) is 6.83. The van der Waals surface area contributed by atoms with E-state index in [1.54, 1.807) is 18.6 Å². The molecule has 0 amide bonds. The summed E-state index contributed by atoms with van der Waals surface area (Å²) in [6.07, 6.45) is 8.20. The minimum Gasteiger partial charge on any atom is -0.365 e. The molecule has 0 aliphatic carbocycles. The number of rotatable bonds is 5. The lowest BCUT2D eigenvalue weighted by molar-refractivity contribution is 0.622. The van der Waals surface area contributed by atoms with Gasteiger partial charge in [-0.2, -0.15) is 0 Å². The van der Waals surface area contributed by atoms with Crippen LogP contribution < -0.4 is 5.32 Å². The van der Waals surface area contributed by atoms with E-state index in [9.17, 15) is 4.39 Å². The zero-order chi connectivity index (χ0) is 22.8. The summed E-state index contributed by atoms with van der Waals surface area (Å²) < 4.78 is 13.5. The second kappa shape index (κ2) is 8.74. The number of anilines is 1. The molecule has 162 valence electrons. The molecule has 0 bridgehead atoms. The van der Waals surface area contributed by atoms with Crippen LogP contribution in [-0.2, 0) is 6.54 Å². The van der Waals surface area contributed by atoms with E-state index in [1.165, 1.54) is 17.8 Å². The van der Waals surface area contributed by atoms with Crippen LogP contribution in [0.1, 0.15) is 16.7 Å². The van der Waals surface area contributed by atoms with E-state index in [2.05, 4.69) is 64.4 Å². The molecular weight excluding hydrogens is 413 g/mol. The van der Waals surface area contributed by atoms with E-state index in [4.69, 9.17) is 4.98 Å². The van der Waals surface area contributed by atoms with Gasteiger partial charge in [-0.25, -0.2) is 9.37 Å². The van der Waals surface area contributed by atoms with E-state index < -0.39 is 0 Å². The molecule has 4 heterocycles. The van der Waals surface area contributed by atoms with Crippen LogP contribution in [0, 0.1) is 19.7 Å². The number of aromatic nitrogens is 4. The lowest BCUT2D eigenvalue weighted by Gasteiger charge is -2.12. The van der Waals surface area contributed by atoms with E-state index in [0.29, 0.717) is 17.8 Å². The van der Waals surface area contributed by atoms with Crippen molar-refractivity contribution in [3.63, 3.8) is 0 Å². The normalized spacial score (nSPS) is 11.0. The molecule has 0 unspecified atom stereocenters. The summed E-state index contributed by atoms with van der Waals surface area (Å²) >= 11 is 0. The Morgan fingerprint density at radius 1 is 0.848 bits per heavy atom. The van der Waals surface area contributed by atoms with Gasteiger partial charge in [0, 0.05) is 47.8 Å². The highest BCUT2D eigenvalue weighted by atomic mass is 19.1. The smallest absolute Gasteiger partial charge is 0.142 e. The summed E-state index contributed by atoms with van der Waals surface area (Å²) in [6, 6.07) is 15.8. The Labute approximate surface area is 191 Å². The third-order valence-electron chi connectivity index (χ3n) is 5.54. The number of fused-ring (bicyclic) bond motifs is 1. The number of hydrogen-bond donors (Lipinski definition) is 1. The van der Waals surface area contributed by atoms with Crippen LogP contribution in [-0.4, -0.2) is 19.9 Å². The van der Waals surface area contributed by atoms with Crippen molar-refractivity contribution in [3.8, 4) is 22.5 Å². The molecule has 4 aromatic heterocycles. The molecule has 5 rings (SSSR count). The van der Waals surface area contributed by atoms with Gasteiger partial charge in [0.15, 0.2) is 0 Å². The minimum atomic E-state index is -0.385. The molecule has 5 aromatic rings. The van der Waals surface area contributed by atoms with Crippen LogP contribution in [0.5, 0.6) is 0 Å². The first-order chi connectivity index (χ1) is 16.1. The first kappa shape index (κ1) is 20.7. The fourth-order valence-electron chi connectivity index (χ4n) is 3.93. The lowest BCUT2D eigenvalue weighted by atomic mass is 10.0. The number of benzene rings is 1. The van der Waals surface area contributed by atoms with Crippen molar-refractivity contribution in [2.75, 3.05) is 5.32 Å². The Bertz CT molecular complexity index is 1460. The topological polar surface area (TPSA) is 63.6 Å². The van der Waals surface area contributed by atoms with Crippen molar-refractivity contribution in [2.24, 2.45) is 0 Å². The van der Waals surface area contributed by atoms with Crippen molar-refractivity contribution in [1.29, 1.82) is 0 Å². The number of pyridine rings is 4. The van der Waals surface area contributed by atoms with Gasteiger partial charge in [-0.05, 0) is 54.6 Å². The summed E-state index contributed by atoms with van der Waals surface area (Å²) in [6.45, 7) is 4.75. The third kappa shape index (κ3) is 4.41. The van der Waals surface area contributed by atoms with Crippen LogP contribution in [0.2, 0.25) is 0 Å². The Morgan fingerprint density at radius 2 is 1.76 bits per heavy atom. The van der Waals surface area contributed by atoms with Crippen molar-refractivity contribution in [2.45, 2.75) is 20.4 Å². The van der Waals surface area contributed by atoms with Gasteiger partial charge in [-0.3, -0.25) is 15.0 Å². The van der Waals surface area contributed by atoms with Crippen LogP contribution in [0.3, 0.4) is 0 Å². The highest BCUT2D eigenvalue weighted by Gasteiger charge is 2.09. The zero-order valence-corrected chi connectivity index (χ0v) is 18.4. The predicted molar refractivity (Wildman–Crippen MR) is 129 cm³/mol. The molecule has 5 nitrogen and oxygen atoms in total. The lowest BCUT2D eigenvalue weighted by Crippen LogP contribution is -2.03. The van der Waals surface area contributed by atoms with Crippen molar-refractivity contribution < 1.29 is 4.39 Å². The van der Waals surface area contributed by atoms with Crippen molar-refractivity contribution >= 4 is 16.6 Å². The van der Waals surface area contributed by atoms with Gasteiger partial charge in [-0.15, -0.1) is 0 Å². The highest BCUT2D eigenvalue weighted by molar-refractivity contribution is 5.93. The molecule has 0 fully saturated rings. The highest BCUT2D eigenvalue weighted by Crippen LogP contribution is 2.26. The Morgan fingerprint density at radius 3 is 2.58 bits per heavy atom. The summed E-state index contributed by atoms with van der Waals surface area (Å²) in [5, 5.41) is 5.26. The van der Waals surface area contributed by atoms with Crippen molar-refractivity contribution in [3.05, 3.63) is 102 Å². The average Bonchev–Trinajstić information content (AvgIpc) is 2.82. The average molecular weight is 436 g/mol. The van der Waals surface area contributed by atoms with E-state index >= 15 is 0 Å². The zero-order valence-electron chi connectivity index (χ0n) is 18.4. The maximum atomic E-state index is 13.5. The van der Waals surface area contributed by atoms with Crippen molar-refractivity contribution in [1.82, 2.24) is 19.9 Å². The first-order valence-electron chi connectivity index (χ1n) is 10.7. The molecule has 0 aliphatic heterocycles. The van der Waals surface area contributed by atoms with E-state index in [-0.39, 0.29) is 5.82 Å². The van der Waals surface area contributed by atoms with Gasteiger partial charge in [0.2, 0.25) is 0 Å². The Balaban J connectivity index is 1.38. The maximum absolute atomic E-state index is 13.5. The van der Waals surface area contributed by atoms with Gasteiger partial charge >= 0.3 is 0 Å². The number of aryl methyl sites for hydroxylation is 2. The molecule has 0 saturated heterocycles. The molecular formula is C27H22FN5. The Kier molecular flexibility index (Phi) is 5.48. The van der Waals surface area contributed by atoms with Crippen LogP contribution in [0.15, 0.2) is 79.5 Å². The molecule has 0 atom stereocenters. The van der Waals surface area contributed by atoms with Crippen LogP contribution in [0.4, 0.5) is 10.2 Å². The number of nitrogens with zero attached hydrogens (tertiary/aromatic N) is 4. The summed E-state index contributed by atoms with van der Waals surface area (Å²) in [5.74, 6) is 0.355. The molecule has 0 radical (unpaired) electrons. The minimum absolute atomic E-state index is 0.385. The number of halogens is 1. The summed E-state index contributed by atoms with van der Waals surface area (Å²) in [7, 11) is 0. The molecule has 1 aromatic carbocycles. The van der Waals surface area contributed by atoms with Gasteiger partial charge in [0.05, 0.1) is 17.6 Å². The van der Waals surface area contributed by atoms with Gasteiger partial charge in [0.1, 0.15) is 11.6 Å². The van der Waals surface area contributed by atoms with Gasteiger partial charge in [0.25, 0.3) is 0 Å². The fraction of sp³-hybridized carbons (Fsp3) is 0.111. The third-order valence-corrected chi connectivity index (χ3v) is 5.54. The first-order valence-corrected chi connectivity index (χ1v) is 10.7.